The lowest BCUT2D eigenvalue weighted by molar-refractivity contribution is 1.13. The van der Waals surface area contributed by atoms with E-state index >= 15 is 0 Å². The van der Waals surface area contributed by atoms with Crippen LogP contribution >= 0.6 is 0 Å². The molecule has 0 saturated heterocycles. The summed E-state index contributed by atoms with van der Waals surface area (Å²) < 4.78 is 0. The van der Waals surface area contributed by atoms with Crippen molar-refractivity contribution in [1.82, 2.24) is 4.98 Å². The number of rotatable bonds is 1. The van der Waals surface area contributed by atoms with Gasteiger partial charge in [-0.1, -0.05) is 18.9 Å². The highest BCUT2D eigenvalue weighted by Gasteiger charge is 1.85. The van der Waals surface area contributed by atoms with E-state index in [1.807, 2.05) is 25.1 Å². The molecule has 0 saturated carbocycles. The number of hydrogen-bond donors (Lipinski definition) is 0. The first-order chi connectivity index (χ1) is 5.43. The van der Waals surface area contributed by atoms with Gasteiger partial charge in [-0.25, -0.2) is 0 Å². The van der Waals surface area contributed by atoms with E-state index in [9.17, 15) is 0 Å². The van der Waals surface area contributed by atoms with Crippen molar-refractivity contribution >= 4 is 0 Å². The number of nitrogens with zero attached hydrogens (tertiary/aromatic N) is 1. The van der Waals surface area contributed by atoms with Crippen molar-refractivity contribution in [3.63, 3.8) is 0 Å². The average molecular weight is 145 g/mol. The summed E-state index contributed by atoms with van der Waals surface area (Å²) in [4.78, 5) is 4.15. The molecule has 0 aliphatic carbocycles. The molecule has 0 aromatic carbocycles. The molecule has 0 radical (unpaired) electrons. The maximum absolute atomic E-state index is 4.15. The number of hydrogen-bond acceptors (Lipinski definition) is 1. The topological polar surface area (TPSA) is 12.9 Å². The second-order valence-corrected chi connectivity index (χ2v) is 2.20. The molecule has 11 heavy (non-hydrogen) atoms. The van der Waals surface area contributed by atoms with E-state index < -0.39 is 0 Å². The van der Waals surface area contributed by atoms with Crippen LogP contribution in [0.5, 0.6) is 0 Å². The summed E-state index contributed by atoms with van der Waals surface area (Å²) in [7, 11) is 0. The standard InChI is InChI=1S/C10H11N/c1-2-3-4-7-10-8-5-6-9-11-10/h5-6,8-9H,2,7H2,1H3. The fourth-order valence-corrected chi connectivity index (χ4v) is 0.781. The molecule has 1 rings (SSSR count). The molecular weight excluding hydrogens is 134 g/mol. The Hall–Kier alpha value is -1.29. The fraction of sp³-hybridized carbons (Fsp3) is 0.300. The lowest BCUT2D eigenvalue weighted by Crippen LogP contribution is -1.84. The van der Waals surface area contributed by atoms with Gasteiger partial charge in [-0.2, -0.15) is 0 Å². The summed E-state index contributed by atoms with van der Waals surface area (Å²) in [6.45, 7) is 2.05. The second-order valence-electron chi connectivity index (χ2n) is 2.20. The molecule has 1 aromatic rings. The predicted molar refractivity (Wildman–Crippen MR) is 46.0 cm³/mol. The van der Waals surface area contributed by atoms with Crippen molar-refractivity contribution in [2.24, 2.45) is 0 Å². The van der Waals surface area contributed by atoms with E-state index in [1.54, 1.807) is 6.20 Å². The summed E-state index contributed by atoms with van der Waals surface area (Å²) in [6.07, 6.45) is 3.49. The molecule has 0 unspecified atom stereocenters. The van der Waals surface area contributed by atoms with E-state index in [1.165, 1.54) is 0 Å². The van der Waals surface area contributed by atoms with Crippen LogP contribution in [0.4, 0.5) is 0 Å². The van der Waals surface area contributed by atoms with Gasteiger partial charge < -0.3 is 0 Å². The third-order valence-corrected chi connectivity index (χ3v) is 1.30. The van der Waals surface area contributed by atoms with Crippen LogP contribution in [-0.4, -0.2) is 4.98 Å². The Labute approximate surface area is 67.5 Å². The van der Waals surface area contributed by atoms with Crippen molar-refractivity contribution < 1.29 is 0 Å². The first-order valence-electron chi connectivity index (χ1n) is 3.79. The molecule has 0 N–H and O–H groups in total. The third-order valence-electron chi connectivity index (χ3n) is 1.30. The Morgan fingerprint density at radius 3 is 2.91 bits per heavy atom. The highest BCUT2D eigenvalue weighted by Crippen LogP contribution is 1.92. The summed E-state index contributed by atoms with van der Waals surface area (Å²) in [5, 5.41) is 0. The predicted octanol–water partition coefficient (Wildman–Crippen LogP) is 2.04. The zero-order valence-electron chi connectivity index (χ0n) is 6.67. The lowest BCUT2D eigenvalue weighted by Gasteiger charge is -1.89. The molecule has 0 fully saturated rings. The quantitative estimate of drug-likeness (QED) is 0.551. The van der Waals surface area contributed by atoms with Gasteiger partial charge in [-0.15, -0.1) is 5.92 Å². The maximum atomic E-state index is 4.15. The van der Waals surface area contributed by atoms with E-state index in [2.05, 4.69) is 16.8 Å². The minimum absolute atomic E-state index is 0.773. The average Bonchev–Trinajstić information content (AvgIpc) is 2.07. The summed E-state index contributed by atoms with van der Waals surface area (Å²) in [5.41, 5.74) is 1.05. The molecule has 0 aliphatic heterocycles. The molecule has 56 valence electrons. The highest BCUT2D eigenvalue weighted by molar-refractivity contribution is 5.12. The van der Waals surface area contributed by atoms with E-state index in [4.69, 9.17) is 0 Å². The number of aromatic nitrogens is 1. The van der Waals surface area contributed by atoms with Gasteiger partial charge in [0.2, 0.25) is 0 Å². The summed E-state index contributed by atoms with van der Waals surface area (Å²) >= 11 is 0. The molecule has 0 spiro atoms. The van der Waals surface area contributed by atoms with Crippen LogP contribution in [0.25, 0.3) is 0 Å². The van der Waals surface area contributed by atoms with Gasteiger partial charge >= 0.3 is 0 Å². The van der Waals surface area contributed by atoms with Gasteiger partial charge in [0, 0.05) is 12.6 Å². The fourth-order valence-electron chi connectivity index (χ4n) is 0.781. The van der Waals surface area contributed by atoms with E-state index in [0.29, 0.717) is 0 Å². The van der Waals surface area contributed by atoms with Crippen LogP contribution in [0.15, 0.2) is 24.4 Å². The van der Waals surface area contributed by atoms with Gasteiger partial charge in [-0.3, -0.25) is 4.98 Å². The zero-order chi connectivity index (χ0) is 7.94. The van der Waals surface area contributed by atoms with Crippen LogP contribution in [0, 0.1) is 11.8 Å². The maximum Gasteiger partial charge on any atom is 0.0522 e. The van der Waals surface area contributed by atoms with Crippen LogP contribution in [0.2, 0.25) is 0 Å². The largest absolute Gasteiger partial charge is 0.260 e. The smallest absolute Gasteiger partial charge is 0.0522 e. The van der Waals surface area contributed by atoms with E-state index in [0.717, 1.165) is 18.5 Å². The van der Waals surface area contributed by atoms with Gasteiger partial charge in [-0.05, 0) is 12.1 Å². The molecule has 1 aromatic heterocycles. The molecule has 1 heteroatoms. The second kappa shape index (κ2) is 4.51. The first kappa shape index (κ1) is 7.81. The van der Waals surface area contributed by atoms with Crippen molar-refractivity contribution in [2.45, 2.75) is 19.8 Å². The Balaban J connectivity index is 2.52. The van der Waals surface area contributed by atoms with Gasteiger partial charge in [0.05, 0.1) is 12.1 Å². The Morgan fingerprint density at radius 1 is 1.36 bits per heavy atom. The monoisotopic (exact) mass is 145 g/mol. The van der Waals surface area contributed by atoms with Crippen molar-refractivity contribution in [1.29, 1.82) is 0 Å². The first-order valence-corrected chi connectivity index (χ1v) is 3.79. The molecular formula is C10H11N. The normalized spacial score (nSPS) is 8.45. The Morgan fingerprint density at radius 2 is 2.27 bits per heavy atom. The third kappa shape index (κ3) is 2.86. The Kier molecular flexibility index (Phi) is 3.21. The van der Waals surface area contributed by atoms with Crippen LogP contribution < -0.4 is 0 Å². The minimum atomic E-state index is 0.773. The molecule has 0 atom stereocenters. The van der Waals surface area contributed by atoms with Crippen molar-refractivity contribution in [3.8, 4) is 11.8 Å². The minimum Gasteiger partial charge on any atom is -0.260 e. The zero-order valence-corrected chi connectivity index (χ0v) is 6.67. The Bertz CT molecular complexity index is 253. The molecule has 0 amide bonds. The molecule has 0 bridgehead atoms. The highest BCUT2D eigenvalue weighted by atomic mass is 14.7. The van der Waals surface area contributed by atoms with Gasteiger partial charge in [0.25, 0.3) is 0 Å². The van der Waals surface area contributed by atoms with Crippen LogP contribution in [-0.2, 0) is 6.42 Å². The SMILES string of the molecule is CCC#CCc1ccccn1. The van der Waals surface area contributed by atoms with Gasteiger partial charge in [0.1, 0.15) is 0 Å². The molecule has 0 aliphatic rings. The number of pyridine rings is 1. The van der Waals surface area contributed by atoms with Gasteiger partial charge in [0.15, 0.2) is 0 Å². The summed E-state index contributed by atoms with van der Waals surface area (Å²) in [5.74, 6) is 6.05. The van der Waals surface area contributed by atoms with Crippen molar-refractivity contribution in [3.05, 3.63) is 30.1 Å². The van der Waals surface area contributed by atoms with E-state index in [-0.39, 0.29) is 0 Å². The van der Waals surface area contributed by atoms with Crippen LogP contribution in [0.3, 0.4) is 0 Å². The van der Waals surface area contributed by atoms with Crippen molar-refractivity contribution in [2.75, 3.05) is 0 Å². The molecule has 1 nitrogen and oxygen atoms in total. The lowest BCUT2D eigenvalue weighted by atomic mass is 10.3. The summed E-state index contributed by atoms with van der Waals surface area (Å²) in [6, 6.07) is 5.89. The molecule has 1 heterocycles. The van der Waals surface area contributed by atoms with Crippen LogP contribution in [0.1, 0.15) is 19.0 Å².